The van der Waals surface area contributed by atoms with Gasteiger partial charge in [0.15, 0.2) is 0 Å². The number of aryl methyl sites for hydroxylation is 2. The van der Waals surface area contributed by atoms with Gasteiger partial charge in [0.05, 0.1) is 12.1 Å². The van der Waals surface area contributed by atoms with Crippen molar-refractivity contribution in [2.75, 3.05) is 0 Å². The molecule has 0 atom stereocenters. The van der Waals surface area contributed by atoms with Crippen LogP contribution in [0.3, 0.4) is 0 Å². The van der Waals surface area contributed by atoms with Gasteiger partial charge >= 0.3 is 5.97 Å². The number of hydrogen-bond donors (Lipinski definition) is 1. The molecule has 1 aromatic rings. The molecule has 0 radical (unpaired) electrons. The maximum Gasteiger partial charge on any atom is 0.303 e. The molecule has 1 heterocycles. The van der Waals surface area contributed by atoms with Gasteiger partial charge in [-0.3, -0.25) is 4.79 Å². The van der Waals surface area contributed by atoms with Gasteiger partial charge in [-0.1, -0.05) is 6.92 Å². The van der Waals surface area contributed by atoms with E-state index in [1.807, 2.05) is 25.5 Å². The Hall–Kier alpha value is -1.32. The van der Waals surface area contributed by atoms with Crippen molar-refractivity contribution in [3.05, 3.63) is 17.2 Å². The third-order valence-electron chi connectivity index (χ3n) is 2.46. The highest BCUT2D eigenvalue weighted by Crippen LogP contribution is 2.11. The highest BCUT2D eigenvalue weighted by atomic mass is 16.4. The molecule has 1 aromatic heterocycles. The monoisotopic (exact) mass is 196 g/mol. The van der Waals surface area contributed by atoms with Gasteiger partial charge in [0.1, 0.15) is 5.82 Å². The second-order valence-corrected chi connectivity index (χ2v) is 3.37. The van der Waals surface area contributed by atoms with Crippen molar-refractivity contribution in [3.63, 3.8) is 0 Å². The summed E-state index contributed by atoms with van der Waals surface area (Å²) in [5.74, 6) is 0.246. The van der Waals surface area contributed by atoms with Crippen LogP contribution < -0.4 is 0 Å². The summed E-state index contributed by atoms with van der Waals surface area (Å²) < 4.78 is 2.02. The molecule has 1 N–H and O–H groups in total. The number of carboxylic acid groups (broad SMARTS) is 1. The van der Waals surface area contributed by atoms with Crippen LogP contribution in [0.2, 0.25) is 0 Å². The fourth-order valence-electron chi connectivity index (χ4n) is 1.48. The maximum absolute atomic E-state index is 10.4. The summed E-state index contributed by atoms with van der Waals surface area (Å²) in [7, 11) is 1.96. The van der Waals surface area contributed by atoms with Crippen molar-refractivity contribution in [3.8, 4) is 0 Å². The Balaban J connectivity index is 2.82. The molecule has 1 rings (SSSR count). The van der Waals surface area contributed by atoms with Crippen LogP contribution in [0, 0.1) is 6.92 Å². The van der Waals surface area contributed by atoms with Crippen molar-refractivity contribution >= 4 is 5.97 Å². The lowest BCUT2D eigenvalue weighted by Gasteiger charge is -1.99. The van der Waals surface area contributed by atoms with Gasteiger partial charge in [-0.15, -0.1) is 0 Å². The highest BCUT2D eigenvalue weighted by Gasteiger charge is 2.10. The molecule has 0 spiro atoms. The topological polar surface area (TPSA) is 55.1 Å². The Kier molecular flexibility index (Phi) is 3.28. The molecule has 0 aromatic carbocycles. The number of nitrogens with zero attached hydrogens (tertiary/aromatic N) is 2. The van der Waals surface area contributed by atoms with E-state index >= 15 is 0 Å². The van der Waals surface area contributed by atoms with Gasteiger partial charge < -0.3 is 9.67 Å². The van der Waals surface area contributed by atoms with Gasteiger partial charge in [-0.25, -0.2) is 4.98 Å². The largest absolute Gasteiger partial charge is 0.481 e. The molecule has 4 nitrogen and oxygen atoms in total. The first-order valence-electron chi connectivity index (χ1n) is 4.79. The Morgan fingerprint density at radius 2 is 2.21 bits per heavy atom. The number of rotatable bonds is 4. The van der Waals surface area contributed by atoms with Gasteiger partial charge in [0.25, 0.3) is 0 Å². The molecule has 0 saturated carbocycles. The fraction of sp³-hybridized carbons (Fsp3) is 0.600. The Morgan fingerprint density at radius 3 is 2.64 bits per heavy atom. The summed E-state index contributed by atoms with van der Waals surface area (Å²) in [6, 6.07) is 0. The predicted molar refractivity (Wildman–Crippen MR) is 53.3 cm³/mol. The molecule has 0 fully saturated rings. The third kappa shape index (κ3) is 2.13. The average Bonchev–Trinajstić information content (AvgIpc) is 2.41. The Labute approximate surface area is 83.6 Å². The molecular weight excluding hydrogens is 180 g/mol. The number of aliphatic carboxylic acids is 1. The second-order valence-electron chi connectivity index (χ2n) is 3.37. The van der Waals surface area contributed by atoms with Crippen LogP contribution in [-0.4, -0.2) is 20.6 Å². The molecule has 14 heavy (non-hydrogen) atoms. The van der Waals surface area contributed by atoms with Gasteiger partial charge in [0.2, 0.25) is 0 Å². The van der Waals surface area contributed by atoms with Crippen molar-refractivity contribution in [2.45, 2.75) is 33.1 Å². The van der Waals surface area contributed by atoms with E-state index in [0.717, 1.165) is 23.6 Å². The highest BCUT2D eigenvalue weighted by molar-refractivity contribution is 5.67. The summed E-state index contributed by atoms with van der Waals surface area (Å²) in [4.78, 5) is 14.8. The zero-order chi connectivity index (χ0) is 10.7. The fourth-order valence-corrected chi connectivity index (χ4v) is 1.48. The summed E-state index contributed by atoms with van der Waals surface area (Å²) in [5.41, 5.74) is 1.98. The Morgan fingerprint density at radius 1 is 1.57 bits per heavy atom. The molecule has 78 valence electrons. The minimum Gasteiger partial charge on any atom is -0.481 e. The van der Waals surface area contributed by atoms with Crippen LogP contribution in [0.1, 0.15) is 30.6 Å². The predicted octanol–water partition coefficient (Wildman–Crippen LogP) is 1.31. The van der Waals surface area contributed by atoms with Gasteiger partial charge in [-0.05, 0) is 6.92 Å². The van der Waals surface area contributed by atoms with Crippen molar-refractivity contribution in [1.82, 2.24) is 9.55 Å². The zero-order valence-electron chi connectivity index (χ0n) is 8.87. The number of aromatic nitrogens is 2. The third-order valence-corrected chi connectivity index (χ3v) is 2.46. The van der Waals surface area contributed by atoms with E-state index in [0.29, 0.717) is 6.42 Å². The van der Waals surface area contributed by atoms with Gasteiger partial charge in [0, 0.05) is 25.6 Å². The molecule has 0 aliphatic rings. The molecule has 0 aliphatic carbocycles. The summed E-state index contributed by atoms with van der Waals surface area (Å²) >= 11 is 0. The number of carbonyl (C=O) groups is 1. The smallest absolute Gasteiger partial charge is 0.303 e. The SMILES string of the molecule is CCc1nc(CCC(=O)O)c(C)n1C. The first-order chi connectivity index (χ1) is 6.56. The quantitative estimate of drug-likeness (QED) is 0.789. The molecule has 0 aliphatic heterocycles. The molecular formula is C10H16N2O2. The van der Waals surface area contributed by atoms with E-state index in [4.69, 9.17) is 5.11 Å². The number of hydrogen-bond acceptors (Lipinski definition) is 2. The summed E-state index contributed by atoms with van der Waals surface area (Å²) in [5, 5.41) is 8.56. The van der Waals surface area contributed by atoms with Crippen LogP contribution >= 0.6 is 0 Å². The number of carboxylic acids is 1. The van der Waals surface area contributed by atoms with Crippen LogP contribution in [0.4, 0.5) is 0 Å². The van der Waals surface area contributed by atoms with Crippen molar-refractivity contribution in [1.29, 1.82) is 0 Å². The van der Waals surface area contributed by atoms with E-state index in [1.54, 1.807) is 0 Å². The first-order valence-corrected chi connectivity index (χ1v) is 4.79. The van der Waals surface area contributed by atoms with Crippen molar-refractivity contribution in [2.24, 2.45) is 7.05 Å². The van der Waals surface area contributed by atoms with Crippen LogP contribution in [0.15, 0.2) is 0 Å². The molecule has 0 unspecified atom stereocenters. The van der Waals surface area contributed by atoms with E-state index in [2.05, 4.69) is 4.98 Å². The molecule has 4 heteroatoms. The van der Waals surface area contributed by atoms with E-state index in [9.17, 15) is 4.79 Å². The standard InChI is InChI=1S/C10H16N2O2/c1-4-9-11-8(5-6-10(13)14)7(2)12(9)3/h4-6H2,1-3H3,(H,13,14). The van der Waals surface area contributed by atoms with Crippen LogP contribution in [0.5, 0.6) is 0 Å². The molecule has 0 bridgehead atoms. The minimum atomic E-state index is -0.770. The maximum atomic E-state index is 10.4. The Bertz CT molecular complexity index is 342. The van der Waals surface area contributed by atoms with Crippen molar-refractivity contribution < 1.29 is 9.90 Å². The summed E-state index contributed by atoms with van der Waals surface area (Å²) in [6.45, 7) is 4.02. The van der Waals surface area contributed by atoms with E-state index in [1.165, 1.54) is 0 Å². The lowest BCUT2D eigenvalue weighted by molar-refractivity contribution is -0.136. The van der Waals surface area contributed by atoms with Gasteiger partial charge in [-0.2, -0.15) is 0 Å². The van der Waals surface area contributed by atoms with E-state index in [-0.39, 0.29) is 6.42 Å². The van der Waals surface area contributed by atoms with E-state index < -0.39 is 5.97 Å². The average molecular weight is 196 g/mol. The molecule has 0 amide bonds. The molecule has 0 saturated heterocycles. The van der Waals surface area contributed by atoms with Crippen LogP contribution in [-0.2, 0) is 24.7 Å². The zero-order valence-corrected chi connectivity index (χ0v) is 8.87. The summed E-state index contributed by atoms with van der Waals surface area (Å²) in [6.07, 6.45) is 1.56. The van der Waals surface area contributed by atoms with Crippen LogP contribution in [0.25, 0.3) is 0 Å². The lowest BCUT2D eigenvalue weighted by Crippen LogP contribution is -1.99. The lowest BCUT2D eigenvalue weighted by atomic mass is 10.2. The second kappa shape index (κ2) is 4.26. The number of imidazole rings is 1. The minimum absolute atomic E-state index is 0.154. The first kappa shape index (κ1) is 10.8. The normalized spacial score (nSPS) is 10.5.